The van der Waals surface area contributed by atoms with Crippen molar-refractivity contribution in [3.63, 3.8) is 0 Å². The Bertz CT molecular complexity index is 756. The van der Waals surface area contributed by atoms with Gasteiger partial charge in [-0.3, -0.25) is 9.59 Å². The molecule has 1 heterocycles. The SMILES string of the molecule is N[C@@H](Cc1ccc(-c2ccc3c(c2)NC(=O)CO3)cc1)C(=O)O. The van der Waals surface area contributed by atoms with E-state index < -0.39 is 12.0 Å². The Morgan fingerprint density at radius 3 is 2.61 bits per heavy atom. The molecule has 0 bridgehead atoms. The molecule has 0 saturated carbocycles. The van der Waals surface area contributed by atoms with Gasteiger partial charge in [-0.2, -0.15) is 0 Å². The van der Waals surface area contributed by atoms with Crippen LogP contribution in [0.4, 0.5) is 5.69 Å². The molecule has 0 unspecified atom stereocenters. The molecule has 1 aliphatic rings. The van der Waals surface area contributed by atoms with Gasteiger partial charge in [0, 0.05) is 0 Å². The van der Waals surface area contributed by atoms with Gasteiger partial charge in [-0.1, -0.05) is 30.3 Å². The van der Waals surface area contributed by atoms with Gasteiger partial charge >= 0.3 is 5.97 Å². The van der Waals surface area contributed by atoms with Gasteiger partial charge in [0.25, 0.3) is 5.91 Å². The van der Waals surface area contributed by atoms with Crippen LogP contribution in [-0.4, -0.2) is 29.6 Å². The number of ether oxygens (including phenoxy) is 1. The lowest BCUT2D eigenvalue weighted by atomic mass is 10.00. The minimum atomic E-state index is -1.01. The Hall–Kier alpha value is -2.86. The first-order valence-corrected chi connectivity index (χ1v) is 7.17. The van der Waals surface area contributed by atoms with E-state index in [4.69, 9.17) is 15.6 Å². The molecule has 0 saturated heterocycles. The number of nitrogens with one attached hydrogen (secondary N) is 1. The molecule has 0 spiro atoms. The highest BCUT2D eigenvalue weighted by Crippen LogP contribution is 2.32. The molecule has 23 heavy (non-hydrogen) atoms. The summed E-state index contributed by atoms with van der Waals surface area (Å²) in [6, 6.07) is 12.2. The zero-order valence-electron chi connectivity index (χ0n) is 12.3. The van der Waals surface area contributed by atoms with Crippen molar-refractivity contribution in [2.75, 3.05) is 11.9 Å². The van der Waals surface area contributed by atoms with Crippen LogP contribution >= 0.6 is 0 Å². The molecule has 1 aliphatic heterocycles. The molecule has 1 amide bonds. The van der Waals surface area contributed by atoms with Crippen LogP contribution in [0.1, 0.15) is 5.56 Å². The van der Waals surface area contributed by atoms with Crippen LogP contribution in [0.25, 0.3) is 11.1 Å². The Balaban J connectivity index is 1.81. The van der Waals surface area contributed by atoms with Gasteiger partial charge in [-0.15, -0.1) is 0 Å². The molecule has 0 fully saturated rings. The molecule has 4 N–H and O–H groups in total. The number of carbonyl (C=O) groups is 2. The first-order chi connectivity index (χ1) is 11.0. The summed E-state index contributed by atoms with van der Waals surface area (Å²) in [5, 5.41) is 11.6. The minimum Gasteiger partial charge on any atom is -0.482 e. The molecule has 0 aromatic heterocycles. The number of hydrogen-bond acceptors (Lipinski definition) is 4. The fourth-order valence-electron chi connectivity index (χ4n) is 2.44. The first kappa shape index (κ1) is 15.1. The Morgan fingerprint density at radius 2 is 1.91 bits per heavy atom. The standard InChI is InChI=1S/C17H16N2O4/c18-13(17(21)22)7-10-1-3-11(4-2-10)12-5-6-15-14(8-12)19-16(20)9-23-15/h1-6,8,13H,7,9,18H2,(H,19,20)(H,21,22)/t13-/m0/s1. The van der Waals surface area contributed by atoms with E-state index in [1.807, 2.05) is 42.5 Å². The number of hydrogen-bond donors (Lipinski definition) is 3. The Kier molecular flexibility index (Phi) is 3.99. The van der Waals surface area contributed by atoms with Crippen LogP contribution in [0.3, 0.4) is 0 Å². The quantitative estimate of drug-likeness (QED) is 0.796. The number of carbonyl (C=O) groups excluding carboxylic acids is 1. The predicted molar refractivity (Wildman–Crippen MR) is 85.3 cm³/mol. The number of benzene rings is 2. The van der Waals surface area contributed by atoms with Gasteiger partial charge in [-0.25, -0.2) is 0 Å². The second-order valence-electron chi connectivity index (χ2n) is 5.39. The van der Waals surface area contributed by atoms with E-state index in [1.165, 1.54) is 0 Å². The van der Waals surface area contributed by atoms with Crippen LogP contribution in [0.2, 0.25) is 0 Å². The van der Waals surface area contributed by atoms with Crippen LogP contribution < -0.4 is 15.8 Å². The molecule has 3 rings (SSSR count). The largest absolute Gasteiger partial charge is 0.482 e. The smallest absolute Gasteiger partial charge is 0.320 e. The van der Waals surface area contributed by atoms with Gasteiger partial charge in [0.05, 0.1) is 5.69 Å². The van der Waals surface area contributed by atoms with Gasteiger partial charge in [0.15, 0.2) is 6.61 Å². The summed E-state index contributed by atoms with van der Waals surface area (Å²) in [6.45, 7) is 0.0326. The van der Waals surface area contributed by atoms with Crippen molar-refractivity contribution >= 4 is 17.6 Å². The normalized spacial score (nSPS) is 14.4. The van der Waals surface area contributed by atoms with Crippen molar-refractivity contribution in [1.82, 2.24) is 0 Å². The summed E-state index contributed by atoms with van der Waals surface area (Å²) in [5.74, 6) is -0.537. The molecular weight excluding hydrogens is 296 g/mol. The summed E-state index contributed by atoms with van der Waals surface area (Å²) in [4.78, 5) is 22.2. The van der Waals surface area contributed by atoms with E-state index in [0.29, 0.717) is 11.4 Å². The number of nitrogens with two attached hydrogens (primary N) is 1. The van der Waals surface area contributed by atoms with Crippen LogP contribution in [-0.2, 0) is 16.0 Å². The summed E-state index contributed by atoms with van der Waals surface area (Å²) in [5.41, 5.74) is 8.93. The second-order valence-corrected chi connectivity index (χ2v) is 5.39. The summed E-state index contributed by atoms with van der Waals surface area (Å²) in [7, 11) is 0. The molecule has 6 nitrogen and oxygen atoms in total. The Morgan fingerprint density at radius 1 is 1.22 bits per heavy atom. The summed E-state index contributed by atoms with van der Waals surface area (Å²) in [6.07, 6.45) is 0.281. The Labute approximate surface area is 132 Å². The third-order valence-corrected chi connectivity index (χ3v) is 3.67. The van der Waals surface area contributed by atoms with E-state index >= 15 is 0 Å². The topological polar surface area (TPSA) is 102 Å². The molecule has 6 heteroatoms. The van der Waals surface area contributed by atoms with Crippen molar-refractivity contribution < 1.29 is 19.4 Å². The molecule has 1 atom stereocenters. The van der Waals surface area contributed by atoms with Gasteiger partial charge in [-0.05, 0) is 35.2 Å². The fourth-order valence-corrected chi connectivity index (χ4v) is 2.44. The van der Waals surface area contributed by atoms with E-state index in [2.05, 4.69) is 5.32 Å². The maximum atomic E-state index is 11.4. The second kappa shape index (κ2) is 6.10. The number of carboxylic acid groups (broad SMARTS) is 1. The third-order valence-electron chi connectivity index (χ3n) is 3.67. The van der Waals surface area contributed by atoms with E-state index in [1.54, 1.807) is 0 Å². The number of rotatable bonds is 4. The minimum absolute atomic E-state index is 0.0326. The highest BCUT2D eigenvalue weighted by Gasteiger charge is 2.16. The molecular formula is C17H16N2O4. The van der Waals surface area contributed by atoms with Crippen LogP contribution in [0.15, 0.2) is 42.5 Å². The average molecular weight is 312 g/mol. The lowest BCUT2D eigenvalue weighted by Gasteiger charge is -2.18. The van der Waals surface area contributed by atoms with Gasteiger partial charge in [0.2, 0.25) is 0 Å². The van der Waals surface area contributed by atoms with Crippen LogP contribution in [0, 0.1) is 0 Å². The lowest BCUT2D eigenvalue weighted by Crippen LogP contribution is -2.32. The van der Waals surface area contributed by atoms with Crippen molar-refractivity contribution in [2.24, 2.45) is 5.73 Å². The van der Waals surface area contributed by atoms with E-state index in [-0.39, 0.29) is 18.9 Å². The number of anilines is 1. The van der Waals surface area contributed by atoms with Crippen molar-refractivity contribution in [3.05, 3.63) is 48.0 Å². The summed E-state index contributed by atoms with van der Waals surface area (Å²) < 4.78 is 5.33. The number of fused-ring (bicyclic) bond motifs is 1. The van der Waals surface area contributed by atoms with E-state index in [9.17, 15) is 9.59 Å². The first-order valence-electron chi connectivity index (χ1n) is 7.17. The zero-order chi connectivity index (χ0) is 16.4. The highest BCUT2D eigenvalue weighted by atomic mass is 16.5. The fraction of sp³-hybridized carbons (Fsp3) is 0.176. The molecule has 0 aliphatic carbocycles. The van der Waals surface area contributed by atoms with Crippen LogP contribution in [0.5, 0.6) is 5.75 Å². The van der Waals surface area contributed by atoms with Crippen molar-refractivity contribution in [3.8, 4) is 16.9 Å². The van der Waals surface area contributed by atoms with Crippen molar-refractivity contribution in [1.29, 1.82) is 0 Å². The number of amides is 1. The molecule has 0 radical (unpaired) electrons. The molecule has 118 valence electrons. The van der Waals surface area contributed by atoms with Crippen molar-refractivity contribution in [2.45, 2.75) is 12.5 Å². The maximum absolute atomic E-state index is 11.4. The maximum Gasteiger partial charge on any atom is 0.320 e. The number of carboxylic acids is 1. The monoisotopic (exact) mass is 312 g/mol. The predicted octanol–water partition coefficient (Wildman–Crippen LogP) is 1.64. The van der Waals surface area contributed by atoms with Gasteiger partial charge < -0.3 is 20.9 Å². The highest BCUT2D eigenvalue weighted by molar-refractivity contribution is 5.96. The molecule has 2 aromatic rings. The number of aliphatic carboxylic acids is 1. The van der Waals surface area contributed by atoms with Gasteiger partial charge in [0.1, 0.15) is 11.8 Å². The third kappa shape index (κ3) is 3.32. The summed E-state index contributed by atoms with van der Waals surface area (Å²) >= 11 is 0. The zero-order valence-corrected chi connectivity index (χ0v) is 12.3. The average Bonchev–Trinajstić information content (AvgIpc) is 2.54. The lowest BCUT2D eigenvalue weighted by molar-refractivity contribution is -0.138. The van der Waals surface area contributed by atoms with E-state index in [0.717, 1.165) is 16.7 Å². The molecule has 2 aromatic carbocycles.